The van der Waals surface area contributed by atoms with Crippen LogP contribution in [0.1, 0.15) is 10.4 Å². The first-order chi connectivity index (χ1) is 14.6. The van der Waals surface area contributed by atoms with Gasteiger partial charge in [0, 0.05) is 22.2 Å². The first-order valence-electron chi connectivity index (χ1n) is 9.29. The lowest BCUT2D eigenvalue weighted by Crippen LogP contribution is -2.32. The number of nitrogens with one attached hydrogen (secondary N) is 1. The van der Waals surface area contributed by atoms with E-state index in [1.165, 1.54) is 16.2 Å². The van der Waals surface area contributed by atoms with Gasteiger partial charge in [0.05, 0.1) is 26.3 Å². The van der Waals surface area contributed by atoms with Gasteiger partial charge in [-0.2, -0.15) is 0 Å². The average molecular weight is 420 g/mol. The standard InChI is InChI=1S/C23H20N2O4S/c1-28-17-9-5-8-16(13-17)24-21-20(19-11-6-12-30-19)22(26)25(23(21)27)14-15-7-3-4-10-18(15)29-2/h3-13,24H,14H2,1-2H3. The number of hydrogen-bond donors (Lipinski definition) is 1. The Morgan fingerprint density at radius 2 is 1.77 bits per heavy atom. The van der Waals surface area contributed by atoms with Crippen molar-refractivity contribution in [3.8, 4) is 11.5 Å². The molecule has 2 heterocycles. The number of anilines is 1. The number of para-hydroxylation sites is 1. The number of carbonyl (C=O) groups is 2. The Hall–Kier alpha value is -3.58. The number of rotatable bonds is 7. The van der Waals surface area contributed by atoms with Crippen molar-refractivity contribution in [1.82, 2.24) is 4.90 Å². The zero-order valence-corrected chi connectivity index (χ0v) is 17.4. The molecule has 0 fully saturated rings. The Morgan fingerprint density at radius 1 is 0.933 bits per heavy atom. The van der Waals surface area contributed by atoms with Crippen LogP contribution in [0, 0.1) is 0 Å². The molecule has 0 bridgehead atoms. The van der Waals surface area contributed by atoms with Gasteiger partial charge in [0.15, 0.2) is 0 Å². The Balaban J connectivity index is 1.71. The first-order valence-corrected chi connectivity index (χ1v) is 10.2. The SMILES string of the molecule is COc1cccc(NC2=C(c3cccs3)C(=O)N(Cc3ccccc3OC)C2=O)c1. The molecule has 0 spiro atoms. The quantitative estimate of drug-likeness (QED) is 0.582. The highest BCUT2D eigenvalue weighted by molar-refractivity contribution is 7.11. The van der Waals surface area contributed by atoms with Crippen molar-refractivity contribution >= 4 is 34.4 Å². The third-order valence-corrected chi connectivity index (χ3v) is 5.68. The van der Waals surface area contributed by atoms with Gasteiger partial charge in [-0.05, 0) is 29.6 Å². The highest BCUT2D eigenvalue weighted by Crippen LogP contribution is 2.35. The van der Waals surface area contributed by atoms with Crippen LogP contribution in [0.4, 0.5) is 5.69 Å². The van der Waals surface area contributed by atoms with E-state index in [-0.39, 0.29) is 24.1 Å². The molecule has 1 aromatic heterocycles. The van der Waals surface area contributed by atoms with Gasteiger partial charge in [0.1, 0.15) is 17.2 Å². The summed E-state index contributed by atoms with van der Waals surface area (Å²) in [6.07, 6.45) is 0. The molecule has 0 saturated heterocycles. The Kier molecular flexibility index (Phi) is 5.54. The van der Waals surface area contributed by atoms with Crippen LogP contribution in [0.2, 0.25) is 0 Å². The van der Waals surface area contributed by atoms with E-state index in [1.807, 2.05) is 60.0 Å². The lowest BCUT2D eigenvalue weighted by Gasteiger charge is -2.17. The van der Waals surface area contributed by atoms with E-state index in [2.05, 4.69) is 5.32 Å². The van der Waals surface area contributed by atoms with E-state index in [4.69, 9.17) is 9.47 Å². The van der Waals surface area contributed by atoms with E-state index >= 15 is 0 Å². The number of amides is 2. The predicted octanol–water partition coefficient (Wildman–Crippen LogP) is 4.16. The fraction of sp³-hybridized carbons (Fsp3) is 0.130. The van der Waals surface area contributed by atoms with Gasteiger partial charge in [0.25, 0.3) is 11.8 Å². The molecule has 0 saturated carbocycles. The van der Waals surface area contributed by atoms with Crippen LogP contribution in [0.3, 0.4) is 0 Å². The van der Waals surface area contributed by atoms with Crippen molar-refractivity contribution in [3.05, 3.63) is 82.2 Å². The minimum Gasteiger partial charge on any atom is -0.497 e. The van der Waals surface area contributed by atoms with Gasteiger partial charge in [-0.15, -0.1) is 11.3 Å². The van der Waals surface area contributed by atoms with Gasteiger partial charge in [-0.25, -0.2) is 0 Å². The summed E-state index contributed by atoms with van der Waals surface area (Å²) >= 11 is 1.42. The maximum absolute atomic E-state index is 13.3. The second kappa shape index (κ2) is 8.42. The molecule has 2 amide bonds. The van der Waals surface area contributed by atoms with Crippen molar-refractivity contribution in [2.45, 2.75) is 6.54 Å². The Morgan fingerprint density at radius 3 is 2.50 bits per heavy atom. The molecule has 7 heteroatoms. The highest BCUT2D eigenvalue weighted by Gasteiger charge is 2.40. The van der Waals surface area contributed by atoms with E-state index in [9.17, 15) is 9.59 Å². The molecular weight excluding hydrogens is 400 g/mol. The number of methoxy groups -OCH3 is 2. The van der Waals surface area contributed by atoms with Gasteiger partial charge in [0.2, 0.25) is 0 Å². The fourth-order valence-electron chi connectivity index (χ4n) is 3.33. The summed E-state index contributed by atoms with van der Waals surface area (Å²) < 4.78 is 10.6. The average Bonchev–Trinajstić information content (AvgIpc) is 3.37. The number of imide groups is 1. The number of hydrogen-bond acceptors (Lipinski definition) is 6. The molecule has 30 heavy (non-hydrogen) atoms. The maximum Gasteiger partial charge on any atom is 0.278 e. The normalized spacial score (nSPS) is 13.7. The number of benzene rings is 2. The number of thiophene rings is 1. The number of carbonyl (C=O) groups excluding carboxylic acids is 2. The molecule has 6 nitrogen and oxygen atoms in total. The monoisotopic (exact) mass is 420 g/mol. The zero-order chi connectivity index (χ0) is 21.1. The van der Waals surface area contributed by atoms with E-state index in [0.29, 0.717) is 22.8 Å². The number of ether oxygens (including phenoxy) is 2. The lowest BCUT2D eigenvalue weighted by atomic mass is 10.1. The summed E-state index contributed by atoms with van der Waals surface area (Å²) in [6.45, 7) is 0.125. The third kappa shape index (κ3) is 3.67. The van der Waals surface area contributed by atoms with Crippen LogP contribution in [0.5, 0.6) is 11.5 Å². The maximum atomic E-state index is 13.3. The molecule has 2 aromatic carbocycles. The molecule has 0 aliphatic carbocycles. The number of nitrogens with zero attached hydrogens (tertiary/aromatic N) is 1. The lowest BCUT2D eigenvalue weighted by molar-refractivity contribution is -0.137. The van der Waals surface area contributed by atoms with Crippen LogP contribution in [-0.4, -0.2) is 30.9 Å². The largest absolute Gasteiger partial charge is 0.497 e. The van der Waals surface area contributed by atoms with Crippen LogP contribution >= 0.6 is 11.3 Å². The van der Waals surface area contributed by atoms with Crippen molar-refractivity contribution in [3.63, 3.8) is 0 Å². The molecule has 1 aliphatic rings. The first kappa shape index (κ1) is 19.7. The Labute approximate surface area is 178 Å². The van der Waals surface area contributed by atoms with E-state index < -0.39 is 0 Å². The van der Waals surface area contributed by atoms with Crippen molar-refractivity contribution < 1.29 is 19.1 Å². The molecule has 152 valence electrons. The molecule has 0 atom stereocenters. The van der Waals surface area contributed by atoms with Gasteiger partial charge in [-0.1, -0.05) is 30.3 Å². The summed E-state index contributed by atoms with van der Waals surface area (Å²) in [5.41, 5.74) is 2.05. The third-order valence-electron chi connectivity index (χ3n) is 4.80. The van der Waals surface area contributed by atoms with Crippen molar-refractivity contribution in [2.75, 3.05) is 19.5 Å². The van der Waals surface area contributed by atoms with Crippen molar-refractivity contribution in [1.29, 1.82) is 0 Å². The van der Waals surface area contributed by atoms with Crippen LogP contribution in [0.15, 0.2) is 71.7 Å². The minimum atomic E-state index is -0.378. The molecule has 3 aromatic rings. The molecule has 1 N–H and O–H groups in total. The molecular formula is C23H20N2O4S. The van der Waals surface area contributed by atoms with Crippen molar-refractivity contribution in [2.24, 2.45) is 0 Å². The predicted molar refractivity (Wildman–Crippen MR) is 116 cm³/mol. The fourth-order valence-corrected chi connectivity index (χ4v) is 4.10. The second-order valence-electron chi connectivity index (χ2n) is 6.59. The second-order valence-corrected chi connectivity index (χ2v) is 7.54. The molecule has 1 aliphatic heterocycles. The van der Waals surface area contributed by atoms with Gasteiger partial charge in [-0.3, -0.25) is 14.5 Å². The van der Waals surface area contributed by atoms with Gasteiger partial charge < -0.3 is 14.8 Å². The van der Waals surface area contributed by atoms with E-state index in [1.54, 1.807) is 20.3 Å². The zero-order valence-electron chi connectivity index (χ0n) is 16.5. The van der Waals surface area contributed by atoms with Crippen LogP contribution in [-0.2, 0) is 16.1 Å². The molecule has 0 unspecified atom stereocenters. The Bertz CT molecular complexity index is 1120. The summed E-state index contributed by atoms with van der Waals surface area (Å²) in [5.74, 6) is 0.571. The minimum absolute atomic E-state index is 0.125. The van der Waals surface area contributed by atoms with E-state index in [0.717, 1.165) is 10.4 Å². The van der Waals surface area contributed by atoms with Crippen LogP contribution < -0.4 is 14.8 Å². The summed E-state index contributed by atoms with van der Waals surface area (Å²) in [7, 11) is 3.15. The molecule has 4 rings (SSSR count). The molecule has 0 radical (unpaired) electrons. The summed E-state index contributed by atoms with van der Waals surface area (Å²) in [4.78, 5) is 28.6. The smallest absolute Gasteiger partial charge is 0.278 e. The van der Waals surface area contributed by atoms with Crippen LogP contribution in [0.25, 0.3) is 5.57 Å². The highest BCUT2D eigenvalue weighted by atomic mass is 32.1. The van der Waals surface area contributed by atoms with Gasteiger partial charge >= 0.3 is 0 Å². The summed E-state index contributed by atoms with van der Waals surface area (Å²) in [5, 5.41) is 5.02. The summed E-state index contributed by atoms with van der Waals surface area (Å²) in [6, 6.07) is 18.3. The topological polar surface area (TPSA) is 67.9 Å².